The van der Waals surface area contributed by atoms with E-state index < -0.39 is 17.8 Å². The molecule has 2 aromatic rings. The summed E-state index contributed by atoms with van der Waals surface area (Å²) in [5.74, 6) is -1.95. The van der Waals surface area contributed by atoms with Gasteiger partial charge in [-0.25, -0.2) is 10.2 Å². The first kappa shape index (κ1) is 23.2. The predicted molar refractivity (Wildman–Crippen MR) is 122 cm³/mol. The number of hydrogen-bond acceptors (Lipinski definition) is 6. The number of carbonyl (C=O) groups is 3. The number of hydrogen-bond donors (Lipinski definition) is 2. The van der Waals surface area contributed by atoms with Crippen LogP contribution in [0.5, 0.6) is 0 Å². The van der Waals surface area contributed by atoms with Gasteiger partial charge >= 0.3 is 17.8 Å². The van der Waals surface area contributed by atoms with Crippen LogP contribution in [0.3, 0.4) is 0 Å². The molecule has 0 aliphatic heterocycles. The Kier molecular flexibility index (Phi) is 7.69. The lowest BCUT2D eigenvalue weighted by atomic mass is 9.88. The molecular weight excluding hydrogens is 461 g/mol. The molecule has 1 aliphatic rings. The van der Waals surface area contributed by atoms with Gasteiger partial charge in [0.25, 0.3) is 0 Å². The van der Waals surface area contributed by atoms with E-state index in [0.29, 0.717) is 32.1 Å². The lowest BCUT2D eigenvalue weighted by molar-refractivity contribution is -0.136. The highest BCUT2D eigenvalue weighted by Gasteiger charge is 2.30. The molecular formula is C21H21Cl2N3O4S. The summed E-state index contributed by atoms with van der Waals surface area (Å²) in [6.07, 6.45) is 3.75. The maximum atomic E-state index is 12.5. The smallest absolute Gasteiger partial charge is 0.341 e. The Morgan fingerprint density at radius 3 is 2.65 bits per heavy atom. The number of thiophene rings is 1. The van der Waals surface area contributed by atoms with Crippen molar-refractivity contribution in [2.75, 3.05) is 11.9 Å². The highest BCUT2D eigenvalue weighted by molar-refractivity contribution is 7.17. The molecule has 164 valence electrons. The van der Waals surface area contributed by atoms with Gasteiger partial charge in [-0.2, -0.15) is 5.10 Å². The van der Waals surface area contributed by atoms with Crippen molar-refractivity contribution in [1.29, 1.82) is 0 Å². The number of carbonyl (C=O) groups excluding carboxylic acids is 3. The zero-order valence-corrected chi connectivity index (χ0v) is 19.3. The van der Waals surface area contributed by atoms with Crippen molar-refractivity contribution < 1.29 is 19.1 Å². The predicted octanol–water partition coefficient (Wildman–Crippen LogP) is 4.45. The van der Waals surface area contributed by atoms with Gasteiger partial charge in [-0.15, -0.1) is 11.3 Å². The van der Waals surface area contributed by atoms with Crippen LogP contribution in [0.15, 0.2) is 23.3 Å². The third-order valence-electron chi connectivity index (χ3n) is 4.78. The Labute approximate surface area is 193 Å². The lowest BCUT2D eigenvalue weighted by Gasteiger charge is -2.18. The standard InChI is InChI=1S/C21H21Cl2N3O4S/c1-3-30-21(29)17-12-8-7-11(2)9-16(12)31-20(17)25-18(27)19(28)26-24-10-13-14(22)5-4-6-15(13)23/h4-6,10-11H,3,7-9H2,1-2H3,(H,25,27)(H,26,28)/b24-10-/t11-/m0/s1. The zero-order chi connectivity index (χ0) is 22.5. The molecule has 0 saturated heterocycles. The first-order chi connectivity index (χ1) is 14.8. The minimum absolute atomic E-state index is 0.215. The van der Waals surface area contributed by atoms with E-state index in [2.05, 4.69) is 22.8 Å². The fourth-order valence-electron chi connectivity index (χ4n) is 3.26. The van der Waals surface area contributed by atoms with Crippen molar-refractivity contribution in [3.05, 3.63) is 49.8 Å². The van der Waals surface area contributed by atoms with Gasteiger partial charge in [-0.3, -0.25) is 9.59 Å². The van der Waals surface area contributed by atoms with Crippen LogP contribution in [0, 0.1) is 5.92 Å². The molecule has 0 radical (unpaired) electrons. The molecule has 0 bridgehead atoms. The molecule has 3 rings (SSSR count). The molecule has 10 heteroatoms. The van der Waals surface area contributed by atoms with Gasteiger partial charge in [0.05, 0.1) is 28.4 Å². The quantitative estimate of drug-likeness (QED) is 0.285. The zero-order valence-electron chi connectivity index (χ0n) is 17.0. The second-order valence-corrected chi connectivity index (χ2v) is 8.98. The maximum Gasteiger partial charge on any atom is 0.341 e. The van der Waals surface area contributed by atoms with Crippen LogP contribution in [-0.4, -0.2) is 30.6 Å². The van der Waals surface area contributed by atoms with Gasteiger partial charge in [-0.1, -0.05) is 36.2 Å². The fourth-order valence-corrected chi connectivity index (χ4v) is 5.15. The van der Waals surface area contributed by atoms with Gasteiger partial charge in [0, 0.05) is 10.4 Å². The number of benzene rings is 1. The van der Waals surface area contributed by atoms with Crippen LogP contribution < -0.4 is 10.7 Å². The number of nitrogens with one attached hydrogen (secondary N) is 2. The van der Waals surface area contributed by atoms with Gasteiger partial charge in [0.15, 0.2) is 0 Å². The molecule has 0 unspecified atom stereocenters. The van der Waals surface area contributed by atoms with Gasteiger partial charge in [0.1, 0.15) is 5.00 Å². The van der Waals surface area contributed by atoms with E-state index in [4.69, 9.17) is 27.9 Å². The number of rotatable bonds is 5. The van der Waals surface area contributed by atoms with E-state index in [1.807, 2.05) is 0 Å². The number of amides is 2. The second-order valence-electron chi connectivity index (χ2n) is 7.06. The van der Waals surface area contributed by atoms with E-state index in [-0.39, 0.29) is 6.61 Å². The Morgan fingerprint density at radius 2 is 1.97 bits per heavy atom. The Hall–Kier alpha value is -2.42. The number of esters is 1. The fraction of sp³-hybridized carbons (Fsp3) is 0.333. The molecule has 1 aromatic heterocycles. The molecule has 0 saturated carbocycles. The third-order valence-corrected chi connectivity index (χ3v) is 6.61. The Morgan fingerprint density at radius 1 is 1.26 bits per heavy atom. The molecule has 0 fully saturated rings. The van der Waals surface area contributed by atoms with Crippen LogP contribution >= 0.6 is 34.5 Å². The number of hydrazone groups is 1. The number of fused-ring (bicyclic) bond motifs is 1. The van der Waals surface area contributed by atoms with Crippen molar-refractivity contribution in [2.45, 2.75) is 33.1 Å². The van der Waals surface area contributed by atoms with Crippen LogP contribution in [0.2, 0.25) is 10.0 Å². The summed E-state index contributed by atoms with van der Waals surface area (Å²) in [6.45, 7) is 4.07. The SMILES string of the molecule is CCOC(=O)c1c(NC(=O)C(=O)N/N=C\c2c(Cl)cccc2Cl)sc2c1CC[C@H](C)C2. The molecule has 1 heterocycles. The van der Waals surface area contributed by atoms with Crippen molar-refractivity contribution in [3.8, 4) is 0 Å². The second kappa shape index (κ2) is 10.3. The average molecular weight is 482 g/mol. The summed E-state index contributed by atoms with van der Waals surface area (Å²) in [7, 11) is 0. The highest BCUT2D eigenvalue weighted by atomic mass is 35.5. The van der Waals surface area contributed by atoms with Crippen LogP contribution in [0.25, 0.3) is 0 Å². The van der Waals surface area contributed by atoms with Crippen LogP contribution in [0.4, 0.5) is 5.00 Å². The third kappa shape index (κ3) is 5.44. The van der Waals surface area contributed by atoms with Gasteiger partial charge in [-0.05, 0) is 49.8 Å². The summed E-state index contributed by atoms with van der Waals surface area (Å²) in [4.78, 5) is 38.1. The van der Waals surface area contributed by atoms with Crippen LogP contribution in [0.1, 0.15) is 46.6 Å². The topological polar surface area (TPSA) is 96.9 Å². The number of ether oxygens (including phenoxy) is 1. The minimum atomic E-state index is -0.992. The van der Waals surface area contributed by atoms with E-state index in [1.54, 1.807) is 25.1 Å². The molecule has 2 amide bonds. The average Bonchev–Trinajstić information content (AvgIpc) is 3.07. The van der Waals surface area contributed by atoms with E-state index >= 15 is 0 Å². The summed E-state index contributed by atoms with van der Waals surface area (Å²) in [6, 6.07) is 4.93. The first-order valence-corrected chi connectivity index (χ1v) is 11.3. The molecule has 7 nitrogen and oxygen atoms in total. The normalized spacial score (nSPS) is 15.4. The highest BCUT2D eigenvalue weighted by Crippen LogP contribution is 2.40. The van der Waals surface area contributed by atoms with E-state index in [1.165, 1.54) is 17.6 Å². The van der Waals surface area contributed by atoms with E-state index in [9.17, 15) is 14.4 Å². The van der Waals surface area contributed by atoms with Crippen molar-refractivity contribution in [2.24, 2.45) is 11.0 Å². The molecule has 0 spiro atoms. The Bertz CT molecular complexity index is 1030. The van der Waals surface area contributed by atoms with Crippen molar-refractivity contribution in [3.63, 3.8) is 0 Å². The van der Waals surface area contributed by atoms with Gasteiger partial charge in [0.2, 0.25) is 0 Å². The lowest BCUT2D eigenvalue weighted by Crippen LogP contribution is -2.32. The molecule has 1 aromatic carbocycles. The van der Waals surface area contributed by atoms with Crippen LogP contribution in [-0.2, 0) is 27.2 Å². The molecule has 31 heavy (non-hydrogen) atoms. The molecule has 1 atom stereocenters. The van der Waals surface area contributed by atoms with E-state index in [0.717, 1.165) is 29.7 Å². The van der Waals surface area contributed by atoms with Gasteiger partial charge < -0.3 is 10.1 Å². The Balaban J connectivity index is 1.74. The summed E-state index contributed by atoms with van der Waals surface area (Å²) >= 11 is 13.4. The summed E-state index contributed by atoms with van der Waals surface area (Å²) < 4.78 is 5.17. The minimum Gasteiger partial charge on any atom is -0.462 e. The molecule has 2 N–H and O–H groups in total. The summed E-state index contributed by atoms with van der Waals surface area (Å²) in [5.41, 5.74) is 3.78. The number of nitrogens with zero attached hydrogens (tertiary/aromatic N) is 1. The van der Waals surface area contributed by atoms with Crippen molar-refractivity contribution >= 4 is 63.5 Å². The number of anilines is 1. The molecule has 1 aliphatic carbocycles. The van der Waals surface area contributed by atoms with Crippen molar-refractivity contribution in [1.82, 2.24) is 5.43 Å². The number of halogens is 2. The first-order valence-electron chi connectivity index (χ1n) is 9.71. The maximum absolute atomic E-state index is 12.5. The largest absolute Gasteiger partial charge is 0.462 e. The summed E-state index contributed by atoms with van der Waals surface area (Å²) in [5, 5.41) is 7.30. The monoisotopic (exact) mass is 481 g/mol.